The lowest BCUT2D eigenvalue weighted by Crippen LogP contribution is -2.49. The van der Waals surface area contributed by atoms with Crippen LogP contribution in [0.15, 0.2) is 30.3 Å². The summed E-state index contributed by atoms with van der Waals surface area (Å²) in [5, 5.41) is 10.3. The largest absolute Gasteiger partial charge is 0.392 e. The molecule has 1 fully saturated rings. The van der Waals surface area contributed by atoms with Gasteiger partial charge in [-0.25, -0.2) is 0 Å². The van der Waals surface area contributed by atoms with E-state index in [1.54, 1.807) is 0 Å². The van der Waals surface area contributed by atoms with E-state index in [0.717, 1.165) is 12.0 Å². The van der Waals surface area contributed by atoms with Crippen LogP contribution >= 0.6 is 0 Å². The molecule has 1 aromatic carbocycles. The van der Waals surface area contributed by atoms with Gasteiger partial charge in [0.15, 0.2) is 6.29 Å². The van der Waals surface area contributed by atoms with Crippen LogP contribution in [0.5, 0.6) is 0 Å². The highest BCUT2D eigenvalue weighted by Gasteiger charge is 2.40. The van der Waals surface area contributed by atoms with Gasteiger partial charge in [0, 0.05) is 11.8 Å². The Labute approximate surface area is 115 Å². The number of aliphatic hydroxyl groups is 1. The first-order valence-corrected chi connectivity index (χ1v) is 7.12. The summed E-state index contributed by atoms with van der Waals surface area (Å²) in [6, 6.07) is 10.0. The molecule has 5 atom stereocenters. The maximum Gasteiger partial charge on any atom is 0.163 e. The highest BCUT2D eigenvalue weighted by molar-refractivity contribution is 5.13. The molecule has 0 saturated carbocycles. The van der Waals surface area contributed by atoms with Crippen LogP contribution in [0.1, 0.15) is 32.8 Å². The maximum absolute atomic E-state index is 10.3. The van der Waals surface area contributed by atoms with E-state index in [4.69, 9.17) is 9.47 Å². The minimum atomic E-state index is -0.362. The van der Waals surface area contributed by atoms with Crippen molar-refractivity contribution in [3.63, 3.8) is 0 Å². The fourth-order valence-corrected chi connectivity index (χ4v) is 2.69. The summed E-state index contributed by atoms with van der Waals surface area (Å²) >= 11 is 0. The minimum Gasteiger partial charge on any atom is -0.392 e. The summed E-state index contributed by atoms with van der Waals surface area (Å²) in [6.45, 7) is 6.64. The second-order valence-electron chi connectivity index (χ2n) is 5.46. The first kappa shape index (κ1) is 14.5. The smallest absolute Gasteiger partial charge is 0.163 e. The predicted octanol–water partition coefficient (Wildman–Crippen LogP) is 2.97. The van der Waals surface area contributed by atoms with Crippen LogP contribution in [0.3, 0.4) is 0 Å². The lowest BCUT2D eigenvalue weighted by Gasteiger charge is -2.42. The molecule has 1 aliphatic rings. The van der Waals surface area contributed by atoms with Crippen molar-refractivity contribution in [2.75, 3.05) is 0 Å². The van der Waals surface area contributed by atoms with Crippen molar-refractivity contribution >= 4 is 0 Å². The third kappa shape index (κ3) is 3.35. The zero-order valence-electron chi connectivity index (χ0n) is 12.0. The van der Waals surface area contributed by atoms with Crippen LogP contribution in [-0.4, -0.2) is 23.6 Å². The van der Waals surface area contributed by atoms with Crippen molar-refractivity contribution in [2.45, 2.75) is 52.3 Å². The summed E-state index contributed by atoms with van der Waals surface area (Å²) in [5.74, 6) is 0.165. The summed E-state index contributed by atoms with van der Waals surface area (Å²) < 4.78 is 11.8. The molecule has 0 aromatic heterocycles. The zero-order valence-corrected chi connectivity index (χ0v) is 12.0. The van der Waals surface area contributed by atoms with Crippen molar-refractivity contribution in [3.05, 3.63) is 35.9 Å². The molecular formula is C16H24O3. The van der Waals surface area contributed by atoms with Gasteiger partial charge in [-0.3, -0.25) is 0 Å². The number of aliphatic hydroxyl groups excluding tert-OH is 1. The van der Waals surface area contributed by atoms with Gasteiger partial charge < -0.3 is 14.6 Å². The third-order valence-electron chi connectivity index (χ3n) is 4.06. The van der Waals surface area contributed by atoms with Gasteiger partial charge in [0.1, 0.15) is 0 Å². The van der Waals surface area contributed by atoms with Gasteiger partial charge in [0.25, 0.3) is 0 Å². The summed E-state index contributed by atoms with van der Waals surface area (Å²) in [5.41, 5.74) is 1.12. The molecule has 1 aromatic rings. The summed E-state index contributed by atoms with van der Waals surface area (Å²) in [7, 11) is 0. The Morgan fingerprint density at radius 2 is 1.84 bits per heavy atom. The number of rotatable bonds is 4. The molecule has 3 heteroatoms. The van der Waals surface area contributed by atoms with E-state index in [1.807, 2.05) is 44.2 Å². The molecule has 1 aliphatic heterocycles. The SMILES string of the molecule is CC[C@H]1O[C@@H](OCc2ccccc2)[C@H](C)[C@@H](O)[C@H]1C. The third-order valence-corrected chi connectivity index (χ3v) is 4.06. The van der Waals surface area contributed by atoms with Gasteiger partial charge >= 0.3 is 0 Å². The van der Waals surface area contributed by atoms with E-state index in [2.05, 4.69) is 6.92 Å². The number of ether oxygens (including phenoxy) is 2. The van der Waals surface area contributed by atoms with Crippen LogP contribution in [0.2, 0.25) is 0 Å². The Balaban J connectivity index is 1.95. The molecule has 3 nitrogen and oxygen atoms in total. The Morgan fingerprint density at radius 3 is 2.47 bits per heavy atom. The van der Waals surface area contributed by atoms with E-state index in [9.17, 15) is 5.11 Å². The molecule has 1 N–H and O–H groups in total. The molecule has 0 unspecified atom stereocenters. The predicted molar refractivity (Wildman–Crippen MR) is 74.5 cm³/mol. The molecule has 0 radical (unpaired) electrons. The standard InChI is InChI=1S/C16H24O3/c1-4-14-11(2)15(17)12(3)16(19-14)18-10-13-8-6-5-7-9-13/h5-9,11-12,14-17H,4,10H2,1-3H3/t11-,12+,14+,15-,16+/m0/s1. The molecule has 0 aliphatic carbocycles. The minimum absolute atomic E-state index is 0.00140. The van der Waals surface area contributed by atoms with Crippen molar-refractivity contribution in [1.29, 1.82) is 0 Å². The molecule has 0 spiro atoms. The number of benzene rings is 1. The Bertz CT molecular complexity index is 377. The first-order chi connectivity index (χ1) is 9.13. The van der Waals surface area contributed by atoms with Gasteiger partial charge in [0.05, 0.1) is 18.8 Å². The van der Waals surface area contributed by atoms with Crippen molar-refractivity contribution in [1.82, 2.24) is 0 Å². The fraction of sp³-hybridized carbons (Fsp3) is 0.625. The second-order valence-corrected chi connectivity index (χ2v) is 5.46. The van der Waals surface area contributed by atoms with Crippen LogP contribution in [-0.2, 0) is 16.1 Å². The highest BCUT2D eigenvalue weighted by Crippen LogP contribution is 2.32. The van der Waals surface area contributed by atoms with Crippen molar-refractivity contribution in [2.24, 2.45) is 11.8 Å². The molecule has 1 saturated heterocycles. The summed E-state index contributed by atoms with van der Waals surface area (Å²) in [6.07, 6.45) is 0.290. The lowest BCUT2D eigenvalue weighted by atomic mass is 9.85. The maximum atomic E-state index is 10.3. The zero-order chi connectivity index (χ0) is 13.8. The fourth-order valence-electron chi connectivity index (χ4n) is 2.69. The van der Waals surface area contributed by atoms with Gasteiger partial charge in [0.2, 0.25) is 0 Å². The molecule has 106 valence electrons. The van der Waals surface area contributed by atoms with E-state index in [-0.39, 0.29) is 30.3 Å². The lowest BCUT2D eigenvalue weighted by molar-refractivity contribution is -0.266. The van der Waals surface area contributed by atoms with E-state index < -0.39 is 0 Å². The summed E-state index contributed by atoms with van der Waals surface area (Å²) in [4.78, 5) is 0. The van der Waals surface area contributed by atoms with Crippen molar-refractivity contribution in [3.8, 4) is 0 Å². The topological polar surface area (TPSA) is 38.7 Å². The van der Waals surface area contributed by atoms with Gasteiger partial charge in [-0.2, -0.15) is 0 Å². The average Bonchev–Trinajstić information content (AvgIpc) is 2.45. The highest BCUT2D eigenvalue weighted by atomic mass is 16.7. The molecular weight excluding hydrogens is 240 g/mol. The average molecular weight is 264 g/mol. The monoisotopic (exact) mass is 264 g/mol. The van der Waals surface area contributed by atoms with Crippen LogP contribution < -0.4 is 0 Å². The molecule has 1 heterocycles. The van der Waals surface area contributed by atoms with Crippen LogP contribution in [0.4, 0.5) is 0 Å². The molecule has 0 bridgehead atoms. The van der Waals surface area contributed by atoms with Crippen LogP contribution in [0.25, 0.3) is 0 Å². The van der Waals surface area contributed by atoms with E-state index in [0.29, 0.717) is 6.61 Å². The van der Waals surface area contributed by atoms with E-state index in [1.165, 1.54) is 0 Å². The van der Waals surface area contributed by atoms with E-state index >= 15 is 0 Å². The Hall–Kier alpha value is -0.900. The van der Waals surface area contributed by atoms with Crippen LogP contribution in [0, 0.1) is 11.8 Å². The second kappa shape index (κ2) is 6.51. The molecule has 0 amide bonds. The normalized spacial score (nSPS) is 35.3. The Kier molecular flexibility index (Phi) is 4.97. The quantitative estimate of drug-likeness (QED) is 0.908. The van der Waals surface area contributed by atoms with Gasteiger partial charge in [-0.1, -0.05) is 51.1 Å². The van der Waals surface area contributed by atoms with Gasteiger partial charge in [-0.05, 0) is 12.0 Å². The molecule has 19 heavy (non-hydrogen) atoms. The number of hydrogen-bond acceptors (Lipinski definition) is 3. The first-order valence-electron chi connectivity index (χ1n) is 7.12. The Morgan fingerprint density at radius 1 is 1.16 bits per heavy atom. The molecule has 2 rings (SSSR count). The van der Waals surface area contributed by atoms with Crippen molar-refractivity contribution < 1.29 is 14.6 Å². The van der Waals surface area contributed by atoms with Gasteiger partial charge in [-0.15, -0.1) is 0 Å². The number of hydrogen-bond donors (Lipinski definition) is 1.